The molecule has 1 unspecified atom stereocenters. The van der Waals surface area contributed by atoms with Gasteiger partial charge in [0, 0.05) is 11.6 Å². The van der Waals surface area contributed by atoms with Crippen LogP contribution in [0.25, 0.3) is 0 Å². The van der Waals surface area contributed by atoms with E-state index >= 15 is 0 Å². The van der Waals surface area contributed by atoms with Crippen LogP contribution < -0.4 is 10.0 Å². The molecule has 3 N–H and O–H groups in total. The Hall–Kier alpha value is -1.93. The number of carbonyl (C=O) groups excluding carboxylic acids is 1. The SMILES string of the molecule is CCCC(NC(=O)c1cccc(S(=O)(=O)NC2CC2)c1)C(=O)O. The fourth-order valence-electron chi connectivity index (χ4n) is 2.08. The van der Waals surface area contributed by atoms with Gasteiger partial charge in [0.1, 0.15) is 6.04 Å². The molecule has 126 valence electrons. The zero-order valence-electron chi connectivity index (χ0n) is 12.8. The maximum atomic E-state index is 12.2. The summed E-state index contributed by atoms with van der Waals surface area (Å²) in [5, 5.41) is 11.5. The van der Waals surface area contributed by atoms with Crippen LogP contribution in [0.4, 0.5) is 0 Å². The Balaban J connectivity index is 2.15. The minimum Gasteiger partial charge on any atom is -0.480 e. The van der Waals surface area contributed by atoms with Gasteiger partial charge in [0.05, 0.1) is 4.90 Å². The lowest BCUT2D eigenvalue weighted by molar-refractivity contribution is -0.139. The van der Waals surface area contributed by atoms with E-state index in [4.69, 9.17) is 5.11 Å². The van der Waals surface area contributed by atoms with Gasteiger partial charge < -0.3 is 10.4 Å². The first-order valence-electron chi connectivity index (χ1n) is 7.49. The molecule has 0 saturated heterocycles. The van der Waals surface area contributed by atoms with Gasteiger partial charge >= 0.3 is 5.97 Å². The molecule has 2 rings (SSSR count). The molecule has 1 atom stereocenters. The average Bonchev–Trinajstić information content (AvgIpc) is 3.30. The third-order valence-electron chi connectivity index (χ3n) is 3.49. The predicted octanol–water partition coefficient (Wildman–Crippen LogP) is 1.11. The van der Waals surface area contributed by atoms with Gasteiger partial charge in [0.25, 0.3) is 5.91 Å². The van der Waals surface area contributed by atoms with Crippen LogP contribution in [0, 0.1) is 0 Å². The van der Waals surface area contributed by atoms with E-state index in [9.17, 15) is 18.0 Å². The third-order valence-corrected chi connectivity index (χ3v) is 5.00. The van der Waals surface area contributed by atoms with Crippen LogP contribution >= 0.6 is 0 Å². The number of hydrogen-bond donors (Lipinski definition) is 3. The summed E-state index contributed by atoms with van der Waals surface area (Å²) in [7, 11) is -3.65. The van der Waals surface area contributed by atoms with Crippen molar-refractivity contribution in [3.05, 3.63) is 29.8 Å². The predicted molar refractivity (Wildman–Crippen MR) is 83.6 cm³/mol. The molecule has 0 aromatic heterocycles. The first-order valence-corrected chi connectivity index (χ1v) is 8.98. The first-order chi connectivity index (χ1) is 10.8. The molecule has 1 aliphatic rings. The molecule has 0 heterocycles. The lowest BCUT2D eigenvalue weighted by atomic mass is 10.1. The van der Waals surface area contributed by atoms with Crippen LogP contribution in [-0.4, -0.2) is 37.5 Å². The van der Waals surface area contributed by atoms with E-state index in [1.54, 1.807) is 0 Å². The summed E-state index contributed by atoms with van der Waals surface area (Å²) in [6.45, 7) is 1.82. The standard InChI is InChI=1S/C15H20N2O5S/c1-2-4-13(15(19)20)16-14(18)10-5-3-6-12(9-10)23(21,22)17-11-7-8-11/h3,5-6,9,11,13,17H,2,4,7-8H2,1H3,(H,16,18)(H,19,20). The maximum Gasteiger partial charge on any atom is 0.326 e. The van der Waals surface area contributed by atoms with Gasteiger partial charge in [-0.1, -0.05) is 19.4 Å². The van der Waals surface area contributed by atoms with Crippen molar-refractivity contribution in [2.75, 3.05) is 0 Å². The minimum atomic E-state index is -3.65. The number of sulfonamides is 1. The Bertz CT molecular complexity index is 698. The number of carboxylic acid groups (broad SMARTS) is 1. The van der Waals surface area contributed by atoms with Gasteiger partial charge in [0.15, 0.2) is 0 Å². The van der Waals surface area contributed by atoms with Gasteiger partial charge in [-0.2, -0.15) is 0 Å². The monoisotopic (exact) mass is 340 g/mol. The molecule has 1 aromatic rings. The largest absolute Gasteiger partial charge is 0.480 e. The molecule has 1 saturated carbocycles. The van der Waals surface area contributed by atoms with Crippen LogP contribution in [0.5, 0.6) is 0 Å². The molecule has 1 aromatic carbocycles. The zero-order valence-corrected chi connectivity index (χ0v) is 13.6. The highest BCUT2D eigenvalue weighted by molar-refractivity contribution is 7.89. The molecule has 0 radical (unpaired) electrons. The van der Waals surface area contributed by atoms with Crippen molar-refractivity contribution in [1.29, 1.82) is 0 Å². The summed E-state index contributed by atoms with van der Waals surface area (Å²) in [4.78, 5) is 23.2. The number of carbonyl (C=O) groups is 2. The molecule has 1 fully saturated rings. The second-order valence-electron chi connectivity index (χ2n) is 5.58. The molecule has 8 heteroatoms. The summed E-state index contributed by atoms with van der Waals surface area (Å²) in [5.74, 6) is -1.71. The highest BCUT2D eigenvalue weighted by Gasteiger charge is 2.28. The van der Waals surface area contributed by atoms with Gasteiger partial charge in [-0.15, -0.1) is 0 Å². The Morgan fingerprint density at radius 2 is 2.04 bits per heavy atom. The zero-order chi connectivity index (χ0) is 17.0. The smallest absolute Gasteiger partial charge is 0.326 e. The summed E-state index contributed by atoms with van der Waals surface area (Å²) < 4.78 is 26.8. The van der Waals surface area contributed by atoms with E-state index in [-0.39, 0.29) is 16.5 Å². The Morgan fingerprint density at radius 1 is 1.35 bits per heavy atom. The third kappa shape index (κ3) is 4.77. The molecule has 0 bridgehead atoms. The van der Waals surface area contributed by atoms with Gasteiger partial charge in [0.2, 0.25) is 10.0 Å². The van der Waals surface area contributed by atoms with E-state index in [0.717, 1.165) is 12.8 Å². The summed E-state index contributed by atoms with van der Waals surface area (Å²) in [5.41, 5.74) is 0.117. The topological polar surface area (TPSA) is 113 Å². The number of rotatable bonds is 8. The fourth-order valence-corrected chi connectivity index (χ4v) is 3.43. The van der Waals surface area contributed by atoms with E-state index in [1.165, 1.54) is 24.3 Å². The molecule has 1 amide bonds. The normalized spacial score (nSPS) is 15.9. The van der Waals surface area contributed by atoms with Crippen molar-refractivity contribution in [1.82, 2.24) is 10.0 Å². The maximum absolute atomic E-state index is 12.2. The Labute approximate surface area is 135 Å². The molecule has 0 spiro atoms. The molecule has 7 nitrogen and oxygen atoms in total. The van der Waals surface area contributed by atoms with E-state index < -0.39 is 27.9 Å². The number of benzene rings is 1. The van der Waals surface area contributed by atoms with Crippen LogP contribution in [0.1, 0.15) is 43.0 Å². The summed E-state index contributed by atoms with van der Waals surface area (Å²) in [6, 6.07) is 4.56. The molecular formula is C15H20N2O5S. The van der Waals surface area contributed by atoms with Gasteiger partial charge in [-0.3, -0.25) is 4.79 Å². The average molecular weight is 340 g/mol. The number of hydrogen-bond acceptors (Lipinski definition) is 4. The van der Waals surface area contributed by atoms with Crippen LogP contribution in [-0.2, 0) is 14.8 Å². The lowest BCUT2D eigenvalue weighted by Crippen LogP contribution is -2.40. The van der Waals surface area contributed by atoms with E-state index in [0.29, 0.717) is 12.8 Å². The number of nitrogens with one attached hydrogen (secondary N) is 2. The summed E-state index contributed by atoms with van der Waals surface area (Å²) >= 11 is 0. The lowest BCUT2D eigenvalue weighted by Gasteiger charge is -2.14. The van der Waals surface area contributed by atoms with Crippen molar-refractivity contribution < 1.29 is 23.1 Å². The van der Waals surface area contributed by atoms with Crippen LogP contribution in [0.15, 0.2) is 29.2 Å². The quantitative estimate of drug-likeness (QED) is 0.656. The number of amides is 1. The van der Waals surface area contributed by atoms with E-state index in [1.807, 2.05) is 6.92 Å². The molecular weight excluding hydrogens is 320 g/mol. The summed E-state index contributed by atoms with van der Waals surface area (Å²) in [6.07, 6.45) is 2.55. The molecule has 1 aliphatic carbocycles. The van der Waals surface area contributed by atoms with Crippen molar-refractivity contribution in [2.24, 2.45) is 0 Å². The number of aliphatic carboxylic acids is 1. The minimum absolute atomic E-state index is 0.000540. The Kier molecular flexibility index (Phi) is 5.38. The van der Waals surface area contributed by atoms with Crippen molar-refractivity contribution in [3.8, 4) is 0 Å². The molecule has 23 heavy (non-hydrogen) atoms. The van der Waals surface area contributed by atoms with Gasteiger partial charge in [-0.25, -0.2) is 17.9 Å². The second-order valence-corrected chi connectivity index (χ2v) is 7.29. The van der Waals surface area contributed by atoms with Crippen molar-refractivity contribution >= 4 is 21.9 Å². The van der Waals surface area contributed by atoms with Gasteiger partial charge in [-0.05, 0) is 37.5 Å². The van der Waals surface area contributed by atoms with Crippen LogP contribution in [0.2, 0.25) is 0 Å². The highest BCUT2D eigenvalue weighted by Crippen LogP contribution is 2.22. The highest BCUT2D eigenvalue weighted by atomic mass is 32.2. The number of carboxylic acids is 1. The molecule has 0 aliphatic heterocycles. The first kappa shape index (κ1) is 17.4. The second kappa shape index (κ2) is 7.10. The van der Waals surface area contributed by atoms with E-state index in [2.05, 4.69) is 10.0 Å². The Morgan fingerprint density at radius 3 is 2.61 bits per heavy atom. The van der Waals surface area contributed by atoms with Crippen molar-refractivity contribution in [3.63, 3.8) is 0 Å². The van der Waals surface area contributed by atoms with Crippen molar-refractivity contribution in [2.45, 2.75) is 49.6 Å². The van der Waals surface area contributed by atoms with Crippen LogP contribution in [0.3, 0.4) is 0 Å². The fraction of sp³-hybridized carbons (Fsp3) is 0.467.